The van der Waals surface area contributed by atoms with E-state index in [1.807, 2.05) is 6.92 Å². The first-order valence-electron chi connectivity index (χ1n) is 6.67. The van der Waals surface area contributed by atoms with E-state index in [1.54, 1.807) is 0 Å². The molecular formula is C15H27N. The van der Waals surface area contributed by atoms with Gasteiger partial charge in [0.05, 0.1) is 0 Å². The second kappa shape index (κ2) is 6.30. The zero-order valence-electron chi connectivity index (χ0n) is 11.4. The summed E-state index contributed by atoms with van der Waals surface area (Å²) >= 11 is 0. The molecule has 92 valence electrons. The van der Waals surface area contributed by atoms with E-state index < -0.39 is 0 Å². The zero-order chi connectivity index (χ0) is 12.0. The Hall–Kier alpha value is -0.480. The highest BCUT2D eigenvalue weighted by Crippen LogP contribution is 2.31. The molecule has 1 nitrogen and oxygen atoms in total. The maximum Gasteiger partial charge on any atom is 0.0120 e. The van der Waals surface area contributed by atoms with Crippen molar-refractivity contribution in [3.63, 3.8) is 0 Å². The first-order chi connectivity index (χ1) is 7.53. The molecule has 1 rings (SSSR count). The van der Waals surface area contributed by atoms with Crippen LogP contribution in [-0.2, 0) is 0 Å². The molecule has 0 aromatic heterocycles. The molecule has 2 unspecified atom stereocenters. The summed E-state index contributed by atoms with van der Waals surface area (Å²) in [6, 6.07) is 0. The van der Waals surface area contributed by atoms with Gasteiger partial charge in [-0.3, -0.25) is 0 Å². The smallest absolute Gasteiger partial charge is 0.0120 e. The van der Waals surface area contributed by atoms with E-state index >= 15 is 0 Å². The van der Waals surface area contributed by atoms with Crippen LogP contribution in [-0.4, -0.2) is 12.1 Å². The van der Waals surface area contributed by atoms with E-state index in [4.69, 9.17) is 0 Å². The van der Waals surface area contributed by atoms with E-state index in [0.717, 1.165) is 18.3 Å². The van der Waals surface area contributed by atoms with Crippen LogP contribution >= 0.6 is 0 Å². The van der Waals surface area contributed by atoms with E-state index in [0.29, 0.717) is 0 Å². The molecule has 1 saturated carbocycles. The summed E-state index contributed by atoms with van der Waals surface area (Å²) in [5.41, 5.74) is 0.248. The Labute approximate surface area is 101 Å². The second-order valence-corrected chi connectivity index (χ2v) is 6.07. The van der Waals surface area contributed by atoms with Crippen molar-refractivity contribution in [3.8, 4) is 11.8 Å². The molecule has 0 heterocycles. The third-order valence-electron chi connectivity index (χ3n) is 3.50. The summed E-state index contributed by atoms with van der Waals surface area (Å²) in [6.07, 6.45) is 6.69. The summed E-state index contributed by atoms with van der Waals surface area (Å²) in [6.45, 7) is 9.86. The molecule has 1 aliphatic rings. The average Bonchev–Trinajstić information content (AvgIpc) is 2.23. The molecule has 0 bridgehead atoms. The van der Waals surface area contributed by atoms with Gasteiger partial charge in [-0.25, -0.2) is 0 Å². The van der Waals surface area contributed by atoms with E-state index in [2.05, 4.69) is 37.9 Å². The summed E-state index contributed by atoms with van der Waals surface area (Å²) in [5, 5.41) is 3.65. The fraction of sp³-hybridized carbons (Fsp3) is 0.867. The lowest BCUT2D eigenvalue weighted by atomic mass is 9.77. The average molecular weight is 221 g/mol. The zero-order valence-corrected chi connectivity index (χ0v) is 11.4. The quantitative estimate of drug-likeness (QED) is 0.718. The van der Waals surface area contributed by atoms with Crippen LogP contribution in [0.25, 0.3) is 0 Å². The van der Waals surface area contributed by atoms with Crippen molar-refractivity contribution in [2.24, 2.45) is 11.8 Å². The van der Waals surface area contributed by atoms with Crippen LogP contribution in [0.3, 0.4) is 0 Å². The lowest BCUT2D eigenvalue weighted by Crippen LogP contribution is -2.41. The molecule has 1 N–H and O–H groups in total. The van der Waals surface area contributed by atoms with Crippen molar-refractivity contribution in [1.29, 1.82) is 0 Å². The van der Waals surface area contributed by atoms with E-state index in [-0.39, 0.29) is 5.54 Å². The lowest BCUT2D eigenvalue weighted by Gasteiger charge is -2.33. The topological polar surface area (TPSA) is 12.0 Å². The largest absolute Gasteiger partial charge is 0.312 e. The van der Waals surface area contributed by atoms with Crippen LogP contribution in [0.4, 0.5) is 0 Å². The van der Waals surface area contributed by atoms with E-state index in [1.165, 1.54) is 32.2 Å². The molecule has 0 spiro atoms. The molecule has 0 saturated heterocycles. The SMILES string of the molecule is CC#CCC1CCCCC1CNC(C)(C)C. The van der Waals surface area contributed by atoms with Crippen molar-refractivity contribution in [1.82, 2.24) is 5.32 Å². The molecule has 0 aromatic carbocycles. The predicted molar refractivity (Wildman–Crippen MR) is 71.3 cm³/mol. The fourth-order valence-corrected chi connectivity index (χ4v) is 2.49. The van der Waals surface area contributed by atoms with Gasteiger partial charge in [0.2, 0.25) is 0 Å². The summed E-state index contributed by atoms with van der Waals surface area (Å²) in [5.74, 6) is 7.98. The lowest BCUT2D eigenvalue weighted by molar-refractivity contribution is 0.218. The number of hydrogen-bond acceptors (Lipinski definition) is 1. The number of nitrogens with one attached hydrogen (secondary N) is 1. The van der Waals surface area contributed by atoms with Crippen LogP contribution in [0, 0.1) is 23.7 Å². The van der Waals surface area contributed by atoms with Gasteiger partial charge in [0.1, 0.15) is 0 Å². The highest BCUT2D eigenvalue weighted by Gasteiger charge is 2.25. The van der Waals surface area contributed by atoms with Gasteiger partial charge in [0, 0.05) is 12.0 Å². The van der Waals surface area contributed by atoms with Crippen LogP contribution < -0.4 is 5.32 Å². The van der Waals surface area contributed by atoms with Gasteiger partial charge in [-0.05, 0) is 58.9 Å². The van der Waals surface area contributed by atoms with Crippen LogP contribution in [0.5, 0.6) is 0 Å². The summed E-state index contributed by atoms with van der Waals surface area (Å²) in [7, 11) is 0. The second-order valence-electron chi connectivity index (χ2n) is 6.07. The predicted octanol–water partition coefficient (Wildman–Crippen LogP) is 3.59. The molecule has 16 heavy (non-hydrogen) atoms. The molecule has 1 heteroatoms. The number of rotatable bonds is 3. The van der Waals surface area contributed by atoms with Crippen molar-refractivity contribution < 1.29 is 0 Å². The van der Waals surface area contributed by atoms with Crippen molar-refractivity contribution in [3.05, 3.63) is 0 Å². The van der Waals surface area contributed by atoms with Crippen LogP contribution in [0.2, 0.25) is 0 Å². The van der Waals surface area contributed by atoms with Gasteiger partial charge in [-0.15, -0.1) is 11.8 Å². The maximum absolute atomic E-state index is 3.65. The molecule has 1 fully saturated rings. The van der Waals surface area contributed by atoms with Gasteiger partial charge >= 0.3 is 0 Å². The van der Waals surface area contributed by atoms with Crippen molar-refractivity contribution >= 4 is 0 Å². The van der Waals surface area contributed by atoms with Gasteiger partial charge in [0.25, 0.3) is 0 Å². The standard InChI is InChI=1S/C15H27N/c1-5-6-9-13-10-7-8-11-14(13)12-16-15(2,3)4/h13-14,16H,7-12H2,1-4H3. The van der Waals surface area contributed by atoms with Crippen LogP contribution in [0.15, 0.2) is 0 Å². The van der Waals surface area contributed by atoms with Gasteiger partial charge in [-0.1, -0.05) is 12.8 Å². The van der Waals surface area contributed by atoms with Crippen molar-refractivity contribution in [2.75, 3.05) is 6.54 Å². The number of hydrogen-bond donors (Lipinski definition) is 1. The minimum absolute atomic E-state index is 0.248. The fourth-order valence-electron chi connectivity index (χ4n) is 2.49. The Morgan fingerprint density at radius 3 is 2.31 bits per heavy atom. The first-order valence-corrected chi connectivity index (χ1v) is 6.67. The Morgan fingerprint density at radius 1 is 1.12 bits per heavy atom. The Morgan fingerprint density at radius 2 is 1.75 bits per heavy atom. The molecule has 0 aliphatic heterocycles. The Kier molecular flexibility index (Phi) is 5.35. The Bertz CT molecular complexity index is 251. The van der Waals surface area contributed by atoms with Gasteiger partial charge in [0.15, 0.2) is 0 Å². The van der Waals surface area contributed by atoms with Crippen molar-refractivity contribution in [2.45, 2.75) is 65.3 Å². The molecule has 0 amide bonds. The molecule has 1 aliphatic carbocycles. The molecule has 0 aromatic rings. The minimum atomic E-state index is 0.248. The first kappa shape index (κ1) is 13.6. The summed E-state index contributed by atoms with van der Waals surface area (Å²) < 4.78 is 0. The van der Waals surface area contributed by atoms with Gasteiger partial charge < -0.3 is 5.32 Å². The highest BCUT2D eigenvalue weighted by atomic mass is 14.9. The maximum atomic E-state index is 3.65. The molecule has 0 radical (unpaired) electrons. The third kappa shape index (κ3) is 5.03. The monoisotopic (exact) mass is 221 g/mol. The third-order valence-corrected chi connectivity index (χ3v) is 3.50. The normalized spacial score (nSPS) is 26.0. The Balaban J connectivity index is 2.42. The van der Waals surface area contributed by atoms with Crippen LogP contribution in [0.1, 0.15) is 59.8 Å². The molecule has 2 atom stereocenters. The summed E-state index contributed by atoms with van der Waals surface area (Å²) in [4.78, 5) is 0. The van der Waals surface area contributed by atoms with E-state index in [9.17, 15) is 0 Å². The van der Waals surface area contributed by atoms with Gasteiger partial charge in [-0.2, -0.15) is 0 Å². The molecular weight excluding hydrogens is 194 g/mol. The minimum Gasteiger partial charge on any atom is -0.312 e. The highest BCUT2D eigenvalue weighted by molar-refractivity contribution is 4.98.